The van der Waals surface area contributed by atoms with Crippen molar-refractivity contribution in [2.24, 2.45) is 0 Å². The summed E-state index contributed by atoms with van der Waals surface area (Å²) in [6.45, 7) is 6.77. The van der Waals surface area contributed by atoms with E-state index in [4.69, 9.17) is 11.6 Å². The minimum absolute atomic E-state index is 0.0580. The molecule has 1 saturated heterocycles. The second-order valence-corrected chi connectivity index (χ2v) is 8.63. The predicted molar refractivity (Wildman–Crippen MR) is 120 cm³/mol. The summed E-state index contributed by atoms with van der Waals surface area (Å²) in [6.07, 6.45) is 1.01. The zero-order chi connectivity index (χ0) is 20.5. The van der Waals surface area contributed by atoms with E-state index in [9.17, 15) is 4.79 Å². The summed E-state index contributed by atoms with van der Waals surface area (Å²) in [5.41, 5.74) is 5.81. The van der Waals surface area contributed by atoms with Gasteiger partial charge in [0.1, 0.15) is 0 Å². The van der Waals surface area contributed by atoms with Gasteiger partial charge in [0.25, 0.3) is 0 Å². The molecule has 2 heterocycles. The highest BCUT2D eigenvalue weighted by Crippen LogP contribution is 2.41. The lowest BCUT2D eigenvalue weighted by Gasteiger charge is -2.38. The van der Waals surface area contributed by atoms with E-state index in [1.165, 1.54) is 29.3 Å². The van der Waals surface area contributed by atoms with Crippen LogP contribution in [0.4, 0.5) is 11.4 Å². The second-order valence-electron chi connectivity index (χ2n) is 8.23. The van der Waals surface area contributed by atoms with Crippen molar-refractivity contribution in [1.82, 2.24) is 9.80 Å². The molecule has 1 fully saturated rings. The standard InChI is InChI=1S/C23H29ClN4O/c1-16(29)25-19-6-4-17(5-7-19)23-22-18(8-9-27(23)3)14-20(15-21(22)24)28-12-10-26(2)11-13-28/h4-7,14-15,23H,8-13H2,1-3H3,(H,25,29). The topological polar surface area (TPSA) is 38.8 Å². The number of anilines is 2. The van der Waals surface area contributed by atoms with Crippen molar-refractivity contribution in [3.05, 3.63) is 58.1 Å². The van der Waals surface area contributed by atoms with E-state index < -0.39 is 0 Å². The van der Waals surface area contributed by atoms with Crippen molar-refractivity contribution < 1.29 is 4.79 Å². The highest BCUT2D eigenvalue weighted by molar-refractivity contribution is 6.32. The monoisotopic (exact) mass is 412 g/mol. The van der Waals surface area contributed by atoms with Gasteiger partial charge in [0.05, 0.1) is 6.04 Å². The van der Waals surface area contributed by atoms with Gasteiger partial charge in [-0.2, -0.15) is 0 Å². The zero-order valence-electron chi connectivity index (χ0n) is 17.4. The molecule has 0 spiro atoms. The van der Waals surface area contributed by atoms with Crippen LogP contribution in [0.15, 0.2) is 36.4 Å². The van der Waals surface area contributed by atoms with Crippen LogP contribution in [-0.4, -0.2) is 62.5 Å². The summed E-state index contributed by atoms with van der Waals surface area (Å²) >= 11 is 6.88. The molecule has 0 aliphatic carbocycles. The number of carbonyl (C=O) groups is 1. The number of hydrogen-bond donors (Lipinski definition) is 1. The molecular formula is C23H29ClN4O. The molecule has 1 amide bonds. The first kappa shape index (κ1) is 20.2. The first-order valence-corrected chi connectivity index (χ1v) is 10.6. The lowest BCUT2D eigenvalue weighted by Crippen LogP contribution is -2.44. The molecule has 5 nitrogen and oxygen atoms in total. The lowest BCUT2D eigenvalue weighted by molar-refractivity contribution is -0.114. The van der Waals surface area contributed by atoms with Crippen LogP contribution in [0.1, 0.15) is 29.7 Å². The van der Waals surface area contributed by atoms with Crippen molar-refractivity contribution in [2.75, 3.05) is 57.0 Å². The first-order chi connectivity index (χ1) is 13.9. The van der Waals surface area contributed by atoms with Gasteiger partial charge in [0.2, 0.25) is 5.91 Å². The molecule has 154 valence electrons. The molecule has 1 unspecified atom stereocenters. The number of nitrogens with zero attached hydrogens (tertiary/aromatic N) is 3. The molecule has 1 N–H and O–H groups in total. The Balaban J connectivity index is 1.65. The summed E-state index contributed by atoms with van der Waals surface area (Å²) in [6, 6.07) is 12.7. The molecular weight excluding hydrogens is 384 g/mol. The number of rotatable bonds is 3. The van der Waals surface area contributed by atoms with Crippen LogP contribution in [0.5, 0.6) is 0 Å². The number of carbonyl (C=O) groups excluding carboxylic acids is 1. The molecule has 0 saturated carbocycles. The number of piperazine rings is 1. The Hall–Kier alpha value is -2.08. The van der Waals surface area contributed by atoms with Gasteiger partial charge in [-0.05, 0) is 61.5 Å². The van der Waals surface area contributed by atoms with Crippen molar-refractivity contribution >= 4 is 28.9 Å². The number of benzene rings is 2. The van der Waals surface area contributed by atoms with Crippen molar-refractivity contribution in [3.63, 3.8) is 0 Å². The second kappa shape index (κ2) is 8.34. The maximum atomic E-state index is 11.3. The zero-order valence-corrected chi connectivity index (χ0v) is 18.2. The maximum Gasteiger partial charge on any atom is 0.221 e. The number of nitrogens with one attached hydrogen (secondary N) is 1. The highest BCUT2D eigenvalue weighted by Gasteiger charge is 2.29. The van der Waals surface area contributed by atoms with Crippen LogP contribution < -0.4 is 10.2 Å². The molecule has 1 atom stereocenters. The Morgan fingerprint density at radius 3 is 2.38 bits per heavy atom. The van der Waals surface area contributed by atoms with Gasteiger partial charge in [-0.3, -0.25) is 9.69 Å². The molecule has 2 aliphatic rings. The Bertz CT molecular complexity index is 890. The van der Waals surface area contributed by atoms with Gasteiger partial charge in [-0.15, -0.1) is 0 Å². The summed E-state index contributed by atoms with van der Waals surface area (Å²) < 4.78 is 0. The van der Waals surface area contributed by atoms with Crippen LogP contribution in [0.25, 0.3) is 0 Å². The minimum atomic E-state index is -0.0580. The average Bonchev–Trinajstić information content (AvgIpc) is 2.69. The molecule has 0 radical (unpaired) electrons. The highest BCUT2D eigenvalue weighted by atomic mass is 35.5. The average molecular weight is 413 g/mol. The Morgan fingerprint density at radius 1 is 1.03 bits per heavy atom. The van der Waals surface area contributed by atoms with E-state index in [-0.39, 0.29) is 11.9 Å². The third-order valence-corrected chi connectivity index (χ3v) is 6.38. The lowest BCUT2D eigenvalue weighted by atomic mass is 9.88. The fourth-order valence-electron chi connectivity index (χ4n) is 4.44. The van der Waals surface area contributed by atoms with Gasteiger partial charge >= 0.3 is 0 Å². The summed E-state index contributed by atoms with van der Waals surface area (Å²) in [5.74, 6) is -0.0580. The summed E-state index contributed by atoms with van der Waals surface area (Å²) in [4.78, 5) is 18.5. The Morgan fingerprint density at radius 2 is 1.72 bits per heavy atom. The van der Waals surface area contributed by atoms with E-state index in [1.807, 2.05) is 12.1 Å². The van der Waals surface area contributed by atoms with Crippen LogP contribution >= 0.6 is 11.6 Å². The van der Waals surface area contributed by atoms with Crippen molar-refractivity contribution in [1.29, 1.82) is 0 Å². The van der Waals surface area contributed by atoms with E-state index in [0.29, 0.717) is 0 Å². The van der Waals surface area contributed by atoms with E-state index in [1.54, 1.807) is 0 Å². The molecule has 29 heavy (non-hydrogen) atoms. The number of fused-ring (bicyclic) bond motifs is 1. The van der Waals surface area contributed by atoms with Crippen LogP contribution in [0.3, 0.4) is 0 Å². The first-order valence-electron chi connectivity index (χ1n) is 10.3. The number of hydrogen-bond acceptors (Lipinski definition) is 4. The van der Waals surface area contributed by atoms with Crippen molar-refractivity contribution in [3.8, 4) is 0 Å². The van der Waals surface area contributed by atoms with E-state index >= 15 is 0 Å². The normalized spacial score (nSPS) is 20.4. The van der Waals surface area contributed by atoms with Crippen LogP contribution in [0.2, 0.25) is 5.02 Å². The smallest absolute Gasteiger partial charge is 0.221 e. The number of halogens is 1. The third-order valence-electron chi connectivity index (χ3n) is 6.06. The van der Waals surface area contributed by atoms with E-state index in [2.05, 4.69) is 58.4 Å². The fraction of sp³-hybridized carbons (Fsp3) is 0.435. The van der Waals surface area contributed by atoms with Gasteiger partial charge in [0, 0.05) is 56.0 Å². The summed E-state index contributed by atoms with van der Waals surface area (Å²) in [5, 5.41) is 3.68. The van der Waals surface area contributed by atoms with Crippen LogP contribution in [0, 0.1) is 0 Å². The van der Waals surface area contributed by atoms with Crippen LogP contribution in [-0.2, 0) is 11.2 Å². The SMILES string of the molecule is CC(=O)Nc1ccc(C2c3c(Cl)cc(N4CCN(C)CC4)cc3CCN2C)cc1. The van der Waals surface area contributed by atoms with Gasteiger partial charge in [-0.25, -0.2) is 0 Å². The van der Waals surface area contributed by atoms with E-state index in [0.717, 1.165) is 49.9 Å². The number of likely N-dealkylation sites (N-methyl/N-ethyl adjacent to an activating group) is 2. The molecule has 2 aromatic carbocycles. The third kappa shape index (κ3) is 4.27. The molecule has 0 bridgehead atoms. The largest absolute Gasteiger partial charge is 0.369 e. The minimum Gasteiger partial charge on any atom is -0.369 e. The number of amides is 1. The summed E-state index contributed by atoms with van der Waals surface area (Å²) in [7, 11) is 4.33. The van der Waals surface area contributed by atoms with Gasteiger partial charge < -0.3 is 15.1 Å². The Labute approximate surface area is 178 Å². The van der Waals surface area contributed by atoms with Gasteiger partial charge in [0.15, 0.2) is 0 Å². The molecule has 6 heteroatoms. The predicted octanol–water partition coefficient (Wildman–Crippen LogP) is 3.63. The molecule has 0 aromatic heterocycles. The van der Waals surface area contributed by atoms with Gasteiger partial charge in [-0.1, -0.05) is 23.7 Å². The Kier molecular flexibility index (Phi) is 5.81. The fourth-order valence-corrected chi connectivity index (χ4v) is 4.78. The quantitative estimate of drug-likeness (QED) is 0.835. The molecule has 2 aromatic rings. The van der Waals surface area contributed by atoms with Crippen molar-refractivity contribution in [2.45, 2.75) is 19.4 Å². The maximum absolute atomic E-state index is 11.3. The molecule has 4 rings (SSSR count). The molecule has 2 aliphatic heterocycles.